The van der Waals surface area contributed by atoms with E-state index in [4.69, 9.17) is 28.3 Å². The normalized spacial score (nSPS) is 12.0. The highest BCUT2D eigenvalue weighted by Gasteiger charge is 2.19. The number of halogens is 2. The largest absolute Gasteiger partial charge is 0.480 e. The highest BCUT2D eigenvalue weighted by Crippen LogP contribution is 2.25. The van der Waals surface area contributed by atoms with Crippen molar-refractivity contribution < 1.29 is 14.7 Å². The molecule has 1 amide bonds. The summed E-state index contributed by atoms with van der Waals surface area (Å²) >= 11 is 12.2. The first-order valence-corrected chi connectivity index (χ1v) is 9.49. The molecule has 2 heterocycles. The summed E-state index contributed by atoms with van der Waals surface area (Å²) in [4.78, 5) is 23.7. The fraction of sp³-hybridized carbons (Fsp3) is 0.263. The van der Waals surface area contributed by atoms with Gasteiger partial charge in [0.1, 0.15) is 6.04 Å². The van der Waals surface area contributed by atoms with E-state index in [-0.39, 0.29) is 5.56 Å². The monoisotopic (exact) mass is 435 g/mol. The van der Waals surface area contributed by atoms with Gasteiger partial charge in [-0.05, 0) is 38.5 Å². The summed E-state index contributed by atoms with van der Waals surface area (Å²) in [5.41, 5.74) is 3.09. The minimum absolute atomic E-state index is 0.255. The lowest BCUT2D eigenvalue weighted by Crippen LogP contribution is -2.16. The zero-order chi connectivity index (χ0) is 21.3. The van der Waals surface area contributed by atoms with Gasteiger partial charge in [-0.25, -0.2) is 4.79 Å². The molecule has 0 aliphatic rings. The van der Waals surface area contributed by atoms with Crippen LogP contribution in [0, 0.1) is 13.8 Å². The molecule has 3 rings (SSSR count). The standard InChI is InChI=1S/C19H19Cl2N5O3/c1-10-17(23-18(27)14-7-22-25(9-14)12(3)19(28)29)11(2)26(24-10)8-13-4-5-15(20)6-16(13)21/h4-7,9,12H,8H2,1-3H3,(H,23,27)(H,28,29). The zero-order valence-electron chi connectivity index (χ0n) is 16.0. The average Bonchev–Trinajstić information content (AvgIpc) is 3.24. The molecule has 0 saturated carbocycles. The third-order valence-corrected chi connectivity index (χ3v) is 5.16. The Balaban J connectivity index is 1.80. The average molecular weight is 436 g/mol. The highest BCUT2D eigenvalue weighted by molar-refractivity contribution is 6.35. The first kappa shape index (κ1) is 20.9. The summed E-state index contributed by atoms with van der Waals surface area (Å²) in [7, 11) is 0. The second-order valence-corrected chi connectivity index (χ2v) is 7.46. The van der Waals surface area contributed by atoms with Crippen molar-refractivity contribution in [1.29, 1.82) is 0 Å². The molecule has 2 aromatic heterocycles. The molecular weight excluding hydrogens is 417 g/mol. The lowest BCUT2D eigenvalue weighted by atomic mass is 10.2. The Morgan fingerprint density at radius 2 is 2.00 bits per heavy atom. The van der Waals surface area contributed by atoms with E-state index in [0.29, 0.717) is 28.0 Å². The maximum absolute atomic E-state index is 12.6. The molecule has 10 heteroatoms. The molecule has 0 spiro atoms. The molecule has 0 aliphatic heterocycles. The van der Waals surface area contributed by atoms with Gasteiger partial charge in [-0.15, -0.1) is 0 Å². The van der Waals surface area contributed by atoms with Crippen molar-refractivity contribution >= 4 is 40.8 Å². The number of amides is 1. The van der Waals surface area contributed by atoms with E-state index in [9.17, 15) is 9.59 Å². The van der Waals surface area contributed by atoms with Gasteiger partial charge in [0.2, 0.25) is 0 Å². The van der Waals surface area contributed by atoms with Crippen LogP contribution in [-0.4, -0.2) is 36.5 Å². The number of aromatic nitrogens is 4. The number of carboxylic acid groups (broad SMARTS) is 1. The molecule has 3 aromatic rings. The Bertz CT molecular complexity index is 1090. The molecule has 0 bridgehead atoms. The number of aliphatic carboxylic acids is 1. The van der Waals surface area contributed by atoms with E-state index in [1.807, 2.05) is 13.0 Å². The Morgan fingerprint density at radius 1 is 1.28 bits per heavy atom. The number of nitrogens with one attached hydrogen (secondary N) is 1. The summed E-state index contributed by atoms with van der Waals surface area (Å²) in [6, 6.07) is 4.39. The molecule has 1 atom stereocenters. The molecule has 29 heavy (non-hydrogen) atoms. The third-order valence-electron chi connectivity index (χ3n) is 4.57. The van der Waals surface area contributed by atoms with E-state index < -0.39 is 17.9 Å². The van der Waals surface area contributed by atoms with Gasteiger partial charge in [0.25, 0.3) is 5.91 Å². The lowest BCUT2D eigenvalue weighted by Gasteiger charge is -2.08. The quantitative estimate of drug-likeness (QED) is 0.609. The number of carbonyl (C=O) groups excluding carboxylic acids is 1. The van der Waals surface area contributed by atoms with Crippen LogP contribution in [0.4, 0.5) is 5.69 Å². The summed E-state index contributed by atoms with van der Waals surface area (Å²) in [5, 5.41) is 21.4. The number of nitrogens with zero attached hydrogens (tertiary/aromatic N) is 4. The molecule has 0 aliphatic carbocycles. The van der Waals surface area contributed by atoms with E-state index in [1.165, 1.54) is 24.0 Å². The third kappa shape index (κ3) is 4.44. The van der Waals surface area contributed by atoms with Crippen molar-refractivity contribution in [3.63, 3.8) is 0 Å². The lowest BCUT2D eigenvalue weighted by molar-refractivity contribution is -0.140. The molecule has 0 radical (unpaired) electrons. The summed E-state index contributed by atoms with van der Waals surface area (Å²) in [5.74, 6) is -1.43. The molecule has 8 nitrogen and oxygen atoms in total. The summed E-state index contributed by atoms with van der Waals surface area (Å²) < 4.78 is 2.97. The van der Waals surface area contributed by atoms with Gasteiger partial charge in [0.05, 0.1) is 35.4 Å². The molecule has 1 aromatic carbocycles. The number of rotatable bonds is 6. The van der Waals surface area contributed by atoms with Crippen molar-refractivity contribution in [3.05, 3.63) is 63.2 Å². The van der Waals surface area contributed by atoms with Crippen molar-refractivity contribution in [2.45, 2.75) is 33.4 Å². The fourth-order valence-corrected chi connectivity index (χ4v) is 3.28. The van der Waals surface area contributed by atoms with Crippen LogP contribution >= 0.6 is 23.2 Å². The van der Waals surface area contributed by atoms with Crippen LogP contribution in [0.25, 0.3) is 0 Å². The number of carboxylic acids is 1. The van der Waals surface area contributed by atoms with Crippen molar-refractivity contribution in [2.75, 3.05) is 5.32 Å². The van der Waals surface area contributed by atoms with Crippen molar-refractivity contribution in [1.82, 2.24) is 19.6 Å². The predicted octanol–water partition coefficient (Wildman–Crippen LogP) is 3.95. The Hall–Kier alpha value is -2.84. The summed E-state index contributed by atoms with van der Waals surface area (Å²) in [6.07, 6.45) is 2.73. The van der Waals surface area contributed by atoms with Gasteiger partial charge in [-0.1, -0.05) is 29.3 Å². The topological polar surface area (TPSA) is 102 Å². The van der Waals surface area contributed by atoms with Gasteiger partial charge >= 0.3 is 5.97 Å². The maximum atomic E-state index is 12.6. The van der Waals surface area contributed by atoms with Crippen molar-refractivity contribution in [3.8, 4) is 0 Å². The first-order valence-electron chi connectivity index (χ1n) is 8.73. The smallest absolute Gasteiger partial charge is 0.328 e. The van der Waals surface area contributed by atoms with Crippen LogP contribution in [0.2, 0.25) is 10.0 Å². The Morgan fingerprint density at radius 3 is 2.66 bits per heavy atom. The van der Waals surface area contributed by atoms with E-state index in [1.54, 1.807) is 23.7 Å². The molecule has 0 saturated heterocycles. The number of aryl methyl sites for hydroxylation is 1. The van der Waals surface area contributed by atoms with Crippen LogP contribution in [0.1, 0.15) is 40.3 Å². The minimum Gasteiger partial charge on any atom is -0.480 e. The fourth-order valence-electron chi connectivity index (χ4n) is 2.81. The number of anilines is 1. The van der Waals surface area contributed by atoms with Gasteiger partial charge in [-0.3, -0.25) is 14.2 Å². The number of carbonyl (C=O) groups is 2. The van der Waals surface area contributed by atoms with E-state index >= 15 is 0 Å². The van der Waals surface area contributed by atoms with Crippen LogP contribution in [0.5, 0.6) is 0 Å². The zero-order valence-corrected chi connectivity index (χ0v) is 17.5. The van der Waals surface area contributed by atoms with Gasteiger partial charge in [0, 0.05) is 16.2 Å². The van der Waals surface area contributed by atoms with Gasteiger partial charge < -0.3 is 10.4 Å². The Labute approximate surface area is 177 Å². The second kappa shape index (κ2) is 8.26. The number of hydrogen-bond acceptors (Lipinski definition) is 4. The van der Waals surface area contributed by atoms with Crippen molar-refractivity contribution in [2.24, 2.45) is 0 Å². The van der Waals surface area contributed by atoms with Crippen LogP contribution in [0.15, 0.2) is 30.6 Å². The molecule has 0 fully saturated rings. The molecule has 1 unspecified atom stereocenters. The van der Waals surface area contributed by atoms with Gasteiger partial charge in [-0.2, -0.15) is 10.2 Å². The first-order chi connectivity index (χ1) is 13.7. The van der Waals surface area contributed by atoms with Gasteiger partial charge in [0.15, 0.2) is 0 Å². The van der Waals surface area contributed by atoms with E-state index in [2.05, 4.69) is 15.5 Å². The molecule has 2 N–H and O–H groups in total. The SMILES string of the molecule is Cc1nn(Cc2ccc(Cl)cc2Cl)c(C)c1NC(=O)c1cnn(C(C)C(=O)O)c1. The molecule has 152 valence electrons. The minimum atomic E-state index is -1.03. The van der Waals surface area contributed by atoms with Crippen LogP contribution < -0.4 is 5.32 Å². The number of hydrogen-bond donors (Lipinski definition) is 2. The van der Waals surface area contributed by atoms with Crippen LogP contribution in [-0.2, 0) is 11.3 Å². The highest BCUT2D eigenvalue weighted by atomic mass is 35.5. The van der Waals surface area contributed by atoms with Crippen LogP contribution in [0.3, 0.4) is 0 Å². The number of benzene rings is 1. The summed E-state index contributed by atoms with van der Waals surface area (Å²) in [6.45, 7) is 5.54. The predicted molar refractivity (Wildman–Crippen MR) is 110 cm³/mol. The maximum Gasteiger partial charge on any atom is 0.328 e. The molecular formula is C19H19Cl2N5O3. The Kier molecular flexibility index (Phi) is 5.95. The van der Waals surface area contributed by atoms with E-state index in [0.717, 1.165) is 11.3 Å². The second-order valence-electron chi connectivity index (χ2n) is 6.62.